The quantitative estimate of drug-likeness (QED) is 0.788. The van der Waals surface area contributed by atoms with Crippen molar-refractivity contribution in [2.75, 3.05) is 11.9 Å². The lowest BCUT2D eigenvalue weighted by Gasteiger charge is -2.18. The largest absolute Gasteiger partial charge is 0.321 e. The maximum absolute atomic E-state index is 11.3. The van der Waals surface area contributed by atoms with Gasteiger partial charge in [-0.05, 0) is 25.5 Å². The highest BCUT2D eigenvalue weighted by Gasteiger charge is 2.12. The Balaban J connectivity index is 2.35. The Bertz CT molecular complexity index is 589. The number of nitrogens with zero attached hydrogens (tertiary/aromatic N) is 2. The summed E-state index contributed by atoms with van der Waals surface area (Å²) >= 11 is 1.42. The number of aryl methyl sites for hydroxylation is 2. The molecule has 94 valence electrons. The average molecular weight is 260 g/mol. The van der Waals surface area contributed by atoms with E-state index in [4.69, 9.17) is 0 Å². The molecule has 0 fully saturated rings. The van der Waals surface area contributed by atoms with Gasteiger partial charge in [0.1, 0.15) is 0 Å². The number of benzene rings is 1. The molecule has 0 spiro atoms. The van der Waals surface area contributed by atoms with E-state index in [-0.39, 0.29) is 5.78 Å². The summed E-state index contributed by atoms with van der Waals surface area (Å²) in [5, 5.41) is 0.840. The first-order valence-electron chi connectivity index (χ1n) is 5.77. The number of carbonyl (C=O) groups excluding carboxylic acids is 1. The maximum Gasteiger partial charge on any atom is 0.190 e. The molecule has 0 N–H and O–H groups in total. The predicted molar refractivity (Wildman–Crippen MR) is 76.1 cm³/mol. The van der Waals surface area contributed by atoms with Gasteiger partial charge in [0.25, 0.3) is 0 Å². The number of carbonyl (C=O) groups is 1. The normalized spacial score (nSPS) is 10.4. The van der Waals surface area contributed by atoms with Crippen molar-refractivity contribution in [3.8, 4) is 0 Å². The third-order valence-electron chi connectivity index (χ3n) is 2.84. The van der Waals surface area contributed by atoms with Crippen LogP contribution in [0.2, 0.25) is 0 Å². The zero-order chi connectivity index (χ0) is 13.3. The van der Waals surface area contributed by atoms with Crippen LogP contribution >= 0.6 is 11.3 Å². The molecule has 3 nitrogen and oxygen atoms in total. The Kier molecular flexibility index (Phi) is 3.48. The van der Waals surface area contributed by atoms with Crippen LogP contribution in [0.1, 0.15) is 27.7 Å². The van der Waals surface area contributed by atoms with Crippen LogP contribution in [-0.4, -0.2) is 17.8 Å². The topological polar surface area (TPSA) is 33.2 Å². The molecule has 1 aromatic heterocycles. The third-order valence-corrected chi connectivity index (χ3v) is 4.02. The van der Waals surface area contributed by atoms with Gasteiger partial charge in [0.2, 0.25) is 0 Å². The van der Waals surface area contributed by atoms with E-state index in [0.29, 0.717) is 4.88 Å². The summed E-state index contributed by atoms with van der Waals surface area (Å²) < 4.78 is 0. The molecular weight excluding hydrogens is 244 g/mol. The van der Waals surface area contributed by atoms with E-state index in [1.54, 1.807) is 13.1 Å². The number of thiazole rings is 1. The van der Waals surface area contributed by atoms with Gasteiger partial charge in [0.15, 0.2) is 10.9 Å². The van der Waals surface area contributed by atoms with Gasteiger partial charge >= 0.3 is 0 Å². The summed E-state index contributed by atoms with van der Waals surface area (Å²) in [5.74, 6) is 0.0628. The predicted octanol–water partition coefficient (Wildman–Crippen LogP) is 3.73. The van der Waals surface area contributed by atoms with E-state index in [9.17, 15) is 4.79 Å². The second-order valence-electron chi connectivity index (χ2n) is 4.41. The summed E-state index contributed by atoms with van der Waals surface area (Å²) in [6.07, 6.45) is 1.64. The van der Waals surface area contributed by atoms with E-state index < -0.39 is 0 Å². The molecule has 0 unspecified atom stereocenters. The lowest BCUT2D eigenvalue weighted by molar-refractivity contribution is 0.102. The zero-order valence-corrected chi connectivity index (χ0v) is 11.8. The molecule has 4 heteroatoms. The molecule has 0 radical (unpaired) electrons. The van der Waals surface area contributed by atoms with Crippen LogP contribution in [0, 0.1) is 13.8 Å². The minimum absolute atomic E-state index is 0.0628. The first-order chi connectivity index (χ1) is 8.49. The minimum Gasteiger partial charge on any atom is -0.321 e. The van der Waals surface area contributed by atoms with Gasteiger partial charge in [-0.2, -0.15) is 0 Å². The highest BCUT2D eigenvalue weighted by atomic mass is 32.1. The van der Waals surface area contributed by atoms with E-state index in [0.717, 1.165) is 10.8 Å². The fraction of sp³-hybridized carbons (Fsp3) is 0.286. The van der Waals surface area contributed by atoms with Crippen LogP contribution < -0.4 is 4.90 Å². The molecule has 0 aliphatic rings. The number of ketones is 1. The molecular formula is C14H16N2OS. The SMILES string of the molecule is CC(=O)c1cnc(N(C)c2ccc(C)cc2C)s1. The second-order valence-corrected chi connectivity index (χ2v) is 5.42. The molecule has 0 aliphatic carbocycles. The third kappa shape index (κ3) is 2.43. The van der Waals surface area contributed by atoms with Gasteiger partial charge < -0.3 is 4.90 Å². The first-order valence-corrected chi connectivity index (χ1v) is 6.58. The average Bonchev–Trinajstić information content (AvgIpc) is 2.77. The second kappa shape index (κ2) is 4.90. The Labute approximate surface area is 111 Å². The van der Waals surface area contributed by atoms with Crippen molar-refractivity contribution >= 4 is 27.9 Å². The van der Waals surface area contributed by atoms with E-state index in [1.165, 1.54) is 22.5 Å². The van der Waals surface area contributed by atoms with Crippen molar-refractivity contribution in [2.24, 2.45) is 0 Å². The van der Waals surface area contributed by atoms with Gasteiger partial charge in [-0.1, -0.05) is 29.0 Å². The highest BCUT2D eigenvalue weighted by Crippen LogP contribution is 2.30. The van der Waals surface area contributed by atoms with Crippen molar-refractivity contribution < 1.29 is 4.79 Å². The molecule has 1 heterocycles. The van der Waals surface area contributed by atoms with Gasteiger partial charge in [0.05, 0.1) is 11.1 Å². The number of Topliss-reactive ketones (excluding diaryl/α,β-unsaturated/α-hetero) is 1. The van der Waals surface area contributed by atoms with Crippen LogP contribution in [0.15, 0.2) is 24.4 Å². The molecule has 0 amide bonds. The first kappa shape index (κ1) is 12.8. The molecule has 1 aromatic carbocycles. The zero-order valence-electron chi connectivity index (χ0n) is 11.0. The number of rotatable bonds is 3. The van der Waals surface area contributed by atoms with Crippen molar-refractivity contribution in [3.05, 3.63) is 40.4 Å². The lowest BCUT2D eigenvalue weighted by Crippen LogP contribution is -2.10. The lowest BCUT2D eigenvalue weighted by atomic mass is 10.1. The maximum atomic E-state index is 11.3. The minimum atomic E-state index is 0.0628. The summed E-state index contributed by atoms with van der Waals surface area (Å²) in [6.45, 7) is 5.72. The van der Waals surface area contributed by atoms with Gasteiger partial charge in [-0.15, -0.1) is 0 Å². The highest BCUT2D eigenvalue weighted by molar-refractivity contribution is 7.17. The monoisotopic (exact) mass is 260 g/mol. The molecule has 0 saturated carbocycles. The van der Waals surface area contributed by atoms with Gasteiger partial charge in [-0.3, -0.25) is 4.79 Å². The van der Waals surface area contributed by atoms with E-state index in [1.807, 2.05) is 11.9 Å². The smallest absolute Gasteiger partial charge is 0.190 e. The molecule has 2 aromatic rings. The molecule has 0 bridgehead atoms. The molecule has 0 aliphatic heterocycles. The molecule has 0 atom stereocenters. The fourth-order valence-corrected chi connectivity index (χ4v) is 2.65. The van der Waals surface area contributed by atoms with Gasteiger partial charge in [0, 0.05) is 19.7 Å². The standard InChI is InChI=1S/C14H16N2OS/c1-9-5-6-12(10(2)7-9)16(4)14-15-8-13(18-14)11(3)17/h5-8H,1-4H3. The van der Waals surface area contributed by atoms with Crippen LogP contribution in [0.5, 0.6) is 0 Å². The number of anilines is 2. The molecule has 2 rings (SSSR count). The van der Waals surface area contributed by atoms with Crippen molar-refractivity contribution in [1.29, 1.82) is 0 Å². The molecule has 18 heavy (non-hydrogen) atoms. The van der Waals surface area contributed by atoms with Crippen molar-refractivity contribution in [2.45, 2.75) is 20.8 Å². The molecule has 0 saturated heterocycles. The van der Waals surface area contributed by atoms with Gasteiger partial charge in [-0.25, -0.2) is 4.98 Å². The van der Waals surface area contributed by atoms with E-state index in [2.05, 4.69) is 37.0 Å². The van der Waals surface area contributed by atoms with E-state index >= 15 is 0 Å². The van der Waals surface area contributed by atoms with Crippen molar-refractivity contribution in [1.82, 2.24) is 4.98 Å². The van der Waals surface area contributed by atoms with Crippen LogP contribution in [0.25, 0.3) is 0 Å². The number of hydrogen-bond acceptors (Lipinski definition) is 4. The van der Waals surface area contributed by atoms with Crippen LogP contribution in [0.4, 0.5) is 10.8 Å². The summed E-state index contributed by atoms with van der Waals surface area (Å²) in [7, 11) is 1.97. The van der Waals surface area contributed by atoms with Crippen LogP contribution in [0.3, 0.4) is 0 Å². The number of hydrogen-bond donors (Lipinski definition) is 0. The Hall–Kier alpha value is -1.68. The summed E-state index contributed by atoms with van der Waals surface area (Å²) in [5.41, 5.74) is 3.57. The van der Waals surface area contributed by atoms with Crippen LogP contribution in [-0.2, 0) is 0 Å². The Morgan fingerprint density at radius 2 is 2.06 bits per heavy atom. The summed E-state index contributed by atoms with van der Waals surface area (Å²) in [4.78, 5) is 18.3. The Morgan fingerprint density at radius 3 is 2.61 bits per heavy atom. The van der Waals surface area contributed by atoms with Crippen molar-refractivity contribution in [3.63, 3.8) is 0 Å². The Morgan fingerprint density at radius 1 is 1.33 bits per heavy atom. The fourth-order valence-electron chi connectivity index (χ4n) is 1.87. The number of aromatic nitrogens is 1. The summed E-state index contributed by atoms with van der Waals surface area (Å²) in [6, 6.07) is 6.31.